The molecule has 1 aliphatic rings. The fourth-order valence-corrected chi connectivity index (χ4v) is 3.56. The summed E-state index contributed by atoms with van der Waals surface area (Å²) in [6, 6.07) is 12.2. The van der Waals surface area contributed by atoms with E-state index in [9.17, 15) is 24.5 Å². The van der Waals surface area contributed by atoms with Crippen LogP contribution in [-0.2, 0) is 19.1 Å². The van der Waals surface area contributed by atoms with Crippen LogP contribution >= 0.6 is 11.6 Å². The molecule has 9 nitrogen and oxygen atoms in total. The number of benzene rings is 2. The van der Waals surface area contributed by atoms with E-state index in [0.29, 0.717) is 18.5 Å². The lowest BCUT2D eigenvalue weighted by Crippen LogP contribution is -2.37. The van der Waals surface area contributed by atoms with Crippen LogP contribution in [0, 0.1) is 10.1 Å². The molecule has 1 fully saturated rings. The maximum absolute atomic E-state index is 13.0. The molecular formula is C22H22ClN3O6. The largest absolute Gasteiger partial charge is 0.446 e. The molecule has 1 heterocycles. The Morgan fingerprint density at radius 3 is 2.62 bits per heavy atom. The Labute approximate surface area is 189 Å². The first-order valence-electron chi connectivity index (χ1n) is 10.1. The molecule has 10 heteroatoms. The highest BCUT2D eigenvalue weighted by Crippen LogP contribution is 2.28. The second kappa shape index (κ2) is 10.7. The zero-order valence-electron chi connectivity index (χ0n) is 17.2. The number of nitrogens with zero attached hydrogens (tertiary/aromatic N) is 2. The van der Waals surface area contributed by atoms with Crippen molar-refractivity contribution in [2.45, 2.75) is 31.8 Å². The van der Waals surface area contributed by atoms with Gasteiger partial charge in [0.25, 0.3) is 11.6 Å². The molecule has 0 bridgehead atoms. The molecule has 1 N–H and O–H groups in total. The zero-order chi connectivity index (χ0) is 23.1. The summed E-state index contributed by atoms with van der Waals surface area (Å²) in [4.78, 5) is 49.6. The van der Waals surface area contributed by atoms with Gasteiger partial charge in [-0.15, -0.1) is 0 Å². The smallest absolute Gasteiger partial charge is 0.326 e. The molecule has 1 aliphatic heterocycles. The van der Waals surface area contributed by atoms with E-state index in [1.807, 2.05) is 0 Å². The fourth-order valence-electron chi connectivity index (χ4n) is 3.37. The summed E-state index contributed by atoms with van der Waals surface area (Å²) < 4.78 is 5.46. The fraction of sp³-hybridized carbons (Fsp3) is 0.318. The topological polar surface area (TPSA) is 119 Å². The maximum atomic E-state index is 13.0. The molecule has 1 atom stereocenters. The molecule has 0 aliphatic carbocycles. The first kappa shape index (κ1) is 23.2. The van der Waals surface area contributed by atoms with Crippen molar-refractivity contribution in [2.75, 3.05) is 18.4 Å². The highest BCUT2D eigenvalue weighted by atomic mass is 35.5. The molecule has 0 saturated carbocycles. The first-order chi connectivity index (χ1) is 15.3. The molecule has 32 heavy (non-hydrogen) atoms. The van der Waals surface area contributed by atoms with E-state index in [1.54, 1.807) is 30.3 Å². The van der Waals surface area contributed by atoms with Crippen molar-refractivity contribution in [3.8, 4) is 0 Å². The van der Waals surface area contributed by atoms with Gasteiger partial charge in [0.15, 0.2) is 0 Å². The average Bonchev–Trinajstić information content (AvgIpc) is 2.97. The number of ether oxygens (including phenoxy) is 1. The quantitative estimate of drug-likeness (QED) is 0.381. The molecule has 2 amide bonds. The normalized spacial score (nSPS) is 14.9. The van der Waals surface area contributed by atoms with Gasteiger partial charge in [-0.25, -0.2) is 0 Å². The average molecular weight is 460 g/mol. The zero-order valence-corrected chi connectivity index (χ0v) is 17.9. The number of carbonyl (C=O) groups is 3. The third-order valence-corrected chi connectivity index (χ3v) is 5.31. The lowest BCUT2D eigenvalue weighted by molar-refractivity contribution is -0.384. The highest BCUT2D eigenvalue weighted by molar-refractivity contribution is 6.32. The Kier molecular flexibility index (Phi) is 7.77. The van der Waals surface area contributed by atoms with E-state index in [4.69, 9.17) is 16.3 Å². The minimum absolute atomic E-state index is 0.0684. The summed E-state index contributed by atoms with van der Waals surface area (Å²) in [7, 11) is 0. The lowest BCUT2D eigenvalue weighted by atomic mass is 10.1. The number of hydrogen-bond donors (Lipinski definition) is 1. The van der Waals surface area contributed by atoms with Gasteiger partial charge in [-0.2, -0.15) is 0 Å². The van der Waals surface area contributed by atoms with Crippen LogP contribution < -0.4 is 5.32 Å². The number of nitro groups is 1. The second-order valence-electron chi connectivity index (χ2n) is 7.32. The number of amides is 2. The molecule has 0 radical (unpaired) electrons. The maximum Gasteiger partial charge on any atom is 0.326 e. The third-order valence-electron chi connectivity index (χ3n) is 4.99. The monoisotopic (exact) mass is 459 g/mol. The molecule has 2 aromatic carbocycles. The van der Waals surface area contributed by atoms with Crippen molar-refractivity contribution in [3.63, 3.8) is 0 Å². The number of anilines is 1. The second-order valence-corrected chi connectivity index (χ2v) is 7.73. The number of likely N-dealkylation sites (tertiary alicyclic amines) is 1. The van der Waals surface area contributed by atoms with Gasteiger partial charge < -0.3 is 15.0 Å². The van der Waals surface area contributed by atoms with Gasteiger partial charge >= 0.3 is 5.97 Å². The van der Waals surface area contributed by atoms with Crippen LogP contribution in [0.15, 0.2) is 48.5 Å². The van der Waals surface area contributed by atoms with Crippen LogP contribution in [-0.4, -0.2) is 40.7 Å². The van der Waals surface area contributed by atoms with E-state index < -0.39 is 22.9 Å². The molecule has 0 aromatic heterocycles. The Morgan fingerprint density at radius 2 is 1.91 bits per heavy atom. The van der Waals surface area contributed by atoms with Crippen LogP contribution in [0.3, 0.4) is 0 Å². The minimum Gasteiger partial charge on any atom is -0.446 e. The van der Waals surface area contributed by atoms with Gasteiger partial charge in [-0.1, -0.05) is 48.4 Å². The van der Waals surface area contributed by atoms with Crippen molar-refractivity contribution in [2.24, 2.45) is 0 Å². The van der Waals surface area contributed by atoms with E-state index in [2.05, 4.69) is 5.32 Å². The molecule has 2 aromatic rings. The van der Waals surface area contributed by atoms with Crippen molar-refractivity contribution >= 4 is 40.8 Å². The summed E-state index contributed by atoms with van der Waals surface area (Å²) in [6.07, 6.45) is 1.58. The predicted molar refractivity (Wildman–Crippen MR) is 117 cm³/mol. The lowest BCUT2D eigenvalue weighted by Gasteiger charge is -2.22. The van der Waals surface area contributed by atoms with Gasteiger partial charge in [-0.3, -0.25) is 24.5 Å². The standard InChI is InChI=1S/C22H22ClN3O6/c23-17-11-10-16(13-18(17)26(30)31)24-22(29)21(15-7-3-1-4-8-15)32-20(28)14-25-12-6-2-5-9-19(25)27/h1,3-4,7-8,10-11,13,21H,2,5-6,9,12,14H2,(H,24,29). The van der Waals surface area contributed by atoms with Crippen LogP contribution in [0.4, 0.5) is 11.4 Å². The van der Waals surface area contributed by atoms with Crippen LogP contribution in [0.2, 0.25) is 5.02 Å². The Hall–Kier alpha value is -3.46. The van der Waals surface area contributed by atoms with Gasteiger partial charge in [0.1, 0.15) is 11.6 Å². The van der Waals surface area contributed by atoms with Crippen molar-refractivity contribution in [1.82, 2.24) is 4.90 Å². The number of esters is 1. The summed E-state index contributed by atoms with van der Waals surface area (Å²) in [6.45, 7) is 0.215. The van der Waals surface area contributed by atoms with Crippen LogP contribution in [0.1, 0.15) is 37.4 Å². The van der Waals surface area contributed by atoms with Crippen molar-refractivity contribution < 1.29 is 24.0 Å². The number of carbonyl (C=O) groups excluding carboxylic acids is 3. The number of hydrogen-bond acceptors (Lipinski definition) is 6. The number of halogens is 1. The third kappa shape index (κ3) is 6.04. The molecule has 1 unspecified atom stereocenters. The van der Waals surface area contributed by atoms with Gasteiger partial charge in [0, 0.05) is 30.3 Å². The summed E-state index contributed by atoms with van der Waals surface area (Å²) in [5, 5.41) is 13.6. The van der Waals surface area contributed by atoms with Crippen molar-refractivity contribution in [1.29, 1.82) is 0 Å². The Balaban J connectivity index is 1.76. The summed E-state index contributed by atoms with van der Waals surface area (Å²) in [5.41, 5.74) is 0.187. The highest BCUT2D eigenvalue weighted by Gasteiger charge is 2.28. The van der Waals surface area contributed by atoms with E-state index >= 15 is 0 Å². The molecule has 168 valence electrons. The molecule has 1 saturated heterocycles. The number of nitrogens with one attached hydrogen (secondary N) is 1. The van der Waals surface area contributed by atoms with E-state index in [-0.39, 0.29) is 28.8 Å². The van der Waals surface area contributed by atoms with Crippen LogP contribution in [0.5, 0.6) is 0 Å². The number of nitro benzene ring substituents is 1. The molecular weight excluding hydrogens is 438 g/mol. The number of rotatable bonds is 7. The molecule has 3 rings (SSSR count). The first-order valence-corrected chi connectivity index (χ1v) is 10.5. The van der Waals surface area contributed by atoms with Gasteiger partial charge in [-0.05, 0) is 25.0 Å². The predicted octanol–water partition coefficient (Wildman–Crippen LogP) is 3.87. The Bertz CT molecular complexity index is 1010. The van der Waals surface area contributed by atoms with E-state index in [1.165, 1.54) is 17.0 Å². The Morgan fingerprint density at radius 1 is 1.16 bits per heavy atom. The molecule has 0 spiro atoms. The summed E-state index contributed by atoms with van der Waals surface area (Å²) >= 11 is 5.82. The SMILES string of the molecule is O=C(CN1CCCCCC1=O)OC(C(=O)Nc1ccc(Cl)c([N+](=O)[O-])c1)c1ccccc1. The van der Waals surface area contributed by atoms with Crippen molar-refractivity contribution in [3.05, 3.63) is 69.2 Å². The van der Waals surface area contributed by atoms with Gasteiger partial charge in [0.2, 0.25) is 12.0 Å². The van der Waals surface area contributed by atoms with E-state index in [0.717, 1.165) is 25.3 Å². The van der Waals surface area contributed by atoms with Crippen LogP contribution in [0.25, 0.3) is 0 Å². The van der Waals surface area contributed by atoms with Gasteiger partial charge in [0.05, 0.1) is 4.92 Å². The summed E-state index contributed by atoms with van der Waals surface area (Å²) in [5.74, 6) is -1.52. The minimum atomic E-state index is -1.31.